The molecule has 3 N–H and O–H groups in total. The second-order valence-electron chi connectivity index (χ2n) is 13.7. The highest BCUT2D eigenvalue weighted by atomic mass is 16.2. The molecule has 1 heterocycles. The van der Waals surface area contributed by atoms with Gasteiger partial charge in [-0.1, -0.05) is 0 Å². The maximum absolute atomic E-state index is 13.3. The summed E-state index contributed by atoms with van der Waals surface area (Å²) in [6, 6.07) is 0.131. The van der Waals surface area contributed by atoms with Crippen molar-refractivity contribution in [2.24, 2.45) is 41.2 Å². The normalized spacial score (nSPS) is 47.7. The Kier molecular flexibility index (Phi) is 4.60. The number of likely N-dealkylation sites (tertiary alicyclic amines) is 1. The average Bonchev–Trinajstić information content (AvgIpc) is 2.71. The standard InChI is InChI=1S/C27H42N4O2/c28-24(32)31(27-14-20-8-21(15-27)10-22(9-20)16-27)23-1-3-30(4-2-23)25(33)29-26-11-17-5-18(12-26)7-19(6-17)13-26/h17-23H,1-16H2,(H2,28,32)(H,29,33). The summed E-state index contributed by atoms with van der Waals surface area (Å²) in [6.45, 7) is 1.50. The number of urea groups is 2. The van der Waals surface area contributed by atoms with Gasteiger partial charge in [0.05, 0.1) is 0 Å². The Hall–Kier alpha value is -1.46. The van der Waals surface area contributed by atoms with E-state index in [2.05, 4.69) is 10.2 Å². The lowest BCUT2D eigenvalue weighted by Crippen LogP contribution is -2.67. The van der Waals surface area contributed by atoms with Crippen LogP contribution in [-0.4, -0.2) is 52.1 Å². The highest BCUT2D eigenvalue weighted by Crippen LogP contribution is 2.59. The first-order chi connectivity index (χ1) is 15.9. The molecule has 8 aliphatic carbocycles. The van der Waals surface area contributed by atoms with Crippen LogP contribution < -0.4 is 11.1 Å². The first-order valence-electron chi connectivity index (χ1n) is 14.0. The number of rotatable bonds is 3. The van der Waals surface area contributed by atoms with E-state index in [9.17, 15) is 9.59 Å². The highest BCUT2D eigenvalue weighted by Gasteiger charge is 2.56. The smallest absolute Gasteiger partial charge is 0.317 e. The Morgan fingerprint density at radius 2 is 1.15 bits per heavy atom. The number of nitrogens with zero attached hydrogens (tertiary/aromatic N) is 2. The number of carbonyl (C=O) groups is 2. The molecular weight excluding hydrogens is 412 g/mol. The molecule has 0 aromatic heterocycles. The molecule has 6 nitrogen and oxygen atoms in total. The van der Waals surface area contributed by atoms with E-state index in [1.807, 2.05) is 4.90 Å². The topological polar surface area (TPSA) is 78.7 Å². The van der Waals surface area contributed by atoms with Gasteiger partial charge in [-0.3, -0.25) is 0 Å². The number of carbonyl (C=O) groups excluding carboxylic acids is 2. The van der Waals surface area contributed by atoms with E-state index in [0.717, 1.165) is 80.7 Å². The fourth-order valence-corrected chi connectivity index (χ4v) is 11.1. The monoisotopic (exact) mass is 454 g/mol. The molecule has 1 aliphatic heterocycles. The van der Waals surface area contributed by atoms with Crippen LogP contribution in [-0.2, 0) is 0 Å². The molecule has 9 aliphatic rings. The molecule has 1 saturated heterocycles. The summed E-state index contributed by atoms with van der Waals surface area (Å²) in [5, 5.41) is 3.55. The largest absolute Gasteiger partial charge is 0.351 e. The Balaban J connectivity index is 1.01. The number of nitrogens with one attached hydrogen (secondary N) is 1. The van der Waals surface area contributed by atoms with Crippen molar-refractivity contribution in [1.82, 2.24) is 15.1 Å². The summed E-state index contributed by atoms with van der Waals surface area (Å²) in [4.78, 5) is 30.3. The number of primary amides is 1. The second-order valence-corrected chi connectivity index (χ2v) is 13.7. The van der Waals surface area contributed by atoms with Crippen LogP contribution >= 0.6 is 0 Å². The van der Waals surface area contributed by atoms with Gasteiger partial charge in [0.1, 0.15) is 0 Å². The van der Waals surface area contributed by atoms with Crippen LogP contribution in [0.3, 0.4) is 0 Å². The fraction of sp³-hybridized carbons (Fsp3) is 0.926. The van der Waals surface area contributed by atoms with Crippen molar-refractivity contribution in [2.45, 2.75) is 107 Å². The minimum absolute atomic E-state index is 0.00881. The van der Waals surface area contributed by atoms with Gasteiger partial charge in [-0.2, -0.15) is 0 Å². The van der Waals surface area contributed by atoms with E-state index in [1.165, 1.54) is 57.8 Å². The van der Waals surface area contributed by atoms with E-state index in [1.54, 1.807) is 0 Å². The average molecular weight is 455 g/mol. The Labute approximate surface area is 198 Å². The van der Waals surface area contributed by atoms with Crippen LogP contribution in [0.25, 0.3) is 0 Å². The molecule has 9 fully saturated rings. The lowest BCUT2D eigenvalue weighted by Gasteiger charge is -2.62. The van der Waals surface area contributed by atoms with Gasteiger partial charge >= 0.3 is 12.1 Å². The maximum atomic E-state index is 13.3. The van der Waals surface area contributed by atoms with Crippen LogP contribution in [0.15, 0.2) is 0 Å². The van der Waals surface area contributed by atoms with Crippen LogP contribution in [0.1, 0.15) is 89.9 Å². The molecule has 0 aromatic rings. The Morgan fingerprint density at radius 3 is 1.58 bits per heavy atom. The van der Waals surface area contributed by atoms with Gasteiger partial charge in [0.25, 0.3) is 0 Å². The molecule has 6 heteroatoms. The third-order valence-corrected chi connectivity index (χ3v) is 11.3. The van der Waals surface area contributed by atoms with E-state index < -0.39 is 0 Å². The highest BCUT2D eigenvalue weighted by molar-refractivity contribution is 5.76. The number of nitrogens with two attached hydrogens (primary N) is 1. The molecule has 8 saturated carbocycles. The van der Waals surface area contributed by atoms with Gasteiger partial charge in [0.15, 0.2) is 0 Å². The third-order valence-electron chi connectivity index (χ3n) is 11.3. The zero-order chi connectivity index (χ0) is 22.4. The number of hydrogen-bond acceptors (Lipinski definition) is 2. The van der Waals surface area contributed by atoms with Gasteiger partial charge in [-0.15, -0.1) is 0 Å². The van der Waals surface area contributed by atoms with Crippen molar-refractivity contribution in [3.05, 3.63) is 0 Å². The minimum Gasteiger partial charge on any atom is -0.351 e. The Bertz CT molecular complexity index is 761. The third kappa shape index (κ3) is 3.40. The van der Waals surface area contributed by atoms with Crippen LogP contribution in [0.2, 0.25) is 0 Å². The lowest BCUT2D eigenvalue weighted by atomic mass is 9.52. The molecule has 9 rings (SSSR count). The SMILES string of the molecule is NC(=O)N(C1CCN(C(=O)NC23CC4CC(CC(C4)C2)C3)CC1)C12CC3CC(CC(C3)C1)C2. The van der Waals surface area contributed by atoms with Crippen LogP contribution in [0.5, 0.6) is 0 Å². The summed E-state index contributed by atoms with van der Waals surface area (Å²) in [5.41, 5.74) is 6.15. The molecule has 0 radical (unpaired) electrons. The molecule has 33 heavy (non-hydrogen) atoms. The van der Waals surface area contributed by atoms with Gasteiger partial charge in [-0.25, -0.2) is 9.59 Å². The fourth-order valence-electron chi connectivity index (χ4n) is 11.1. The minimum atomic E-state index is -0.214. The molecule has 4 amide bonds. The zero-order valence-electron chi connectivity index (χ0n) is 20.1. The first-order valence-corrected chi connectivity index (χ1v) is 14.0. The summed E-state index contributed by atoms with van der Waals surface area (Å²) in [6.07, 6.45) is 17.1. The van der Waals surface area contributed by atoms with Gasteiger partial charge < -0.3 is 20.9 Å². The van der Waals surface area contributed by atoms with Gasteiger partial charge in [0.2, 0.25) is 0 Å². The van der Waals surface area contributed by atoms with Crippen molar-refractivity contribution in [3.8, 4) is 0 Å². The number of amides is 4. The van der Waals surface area contributed by atoms with Crippen LogP contribution in [0, 0.1) is 35.5 Å². The molecule has 8 bridgehead atoms. The molecule has 0 aromatic carbocycles. The van der Waals surface area contributed by atoms with Crippen molar-refractivity contribution >= 4 is 12.1 Å². The molecule has 0 unspecified atom stereocenters. The van der Waals surface area contributed by atoms with Crippen molar-refractivity contribution in [1.29, 1.82) is 0 Å². The summed E-state index contributed by atoms with van der Waals surface area (Å²) >= 11 is 0. The predicted molar refractivity (Wildman–Crippen MR) is 126 cm³/mol. The first kappa shape index (κ1) is 20.9. The lowest BCUT2D eigenvalue weighted by molar-refractivity contribution is -0.0873. The van der Waals surface area contributed by atoms with E-state index in [0.29, 0.717) is 0 Å². The summed E-state index contributed by atoms with van der Waals surface area (Å²) in [7, 11) is 0. The quantitative estimate of drug-likeness (QED) is 0.659. The number of piperidine rings is 1. The maximum Gasteiger partial charge on any atom is 0.317 e. The predicted octanol–water partition coefficient (Wildman–Crippen LogP) is 4.48. The van der Waals surface area contributed by atoms with E-state index in [4.69, 9.17) is 5.73 Å². The summed E-state index contributed by atoms with van der Waals surface area (Å²) in [5.74, 6) is 4.91. The molecule has 182 valence electrons. The van der Waals surface area contributed by atoms with Crippen molar-refractivity contribution < 1.29 is 9.59 Å². The molecule has 0 atom stereocenters. The van der Waals surface area contributed by atoms with Crippen molar-refractivity contribution in [3.63, 3.8) is 0 Å². The van der Waals surface area contributed by atoms with E-state index in [-0.39, 0.29) is 29.2 Å². The van der Waals surface area contributed by atoms with E-state index >= 15 is 0 Å². The summed E-state index contributed by atoms with van der Waals surface area (Å²) < 4.78 is 0. The number of hydrogen-bond donors (Lipinski definition) is 2. The van der Waals surface area contributed by atoms with Gasteiger partial charge in [0, 0.05) is 30.2 Å². The van der Waals surface area contributed by atoms with Gasteiger partial charge in [-0.05, 0) is 125 Å². The molecule has 0 spiro atoms. The van der Waals surface area contributed by atoms with Crippen LogP contribution in [0.4, 0.5) is 9.59 Å². The molecular formula is C27H42N4O2. The second kappa shape index (κ2) is 7.27. The zero-order valence-corrected chi connectivity index (χ0v) is 20.1. The van der Waals surface area contributed by atoms with Crippen molar-refractivity contribution in [2.75, 3.05) is 13.1 Å². The Morgan fingerprint density at radius 1 is 0.727 bits per heavy atom.